The highest BCUT2D eigenvalue weighted by Crippen LogP contribution is 2.37. The molecule has 0 radical (unpaired) electrons. The summed E-state index contributed by atoms with van der Waals surface area (Å²) in [6.45, 7) is 0. The van der Waals surface area contributed by atoms with Crippen molar-refractivity contribution in [2.75, 3.05) is 5.73 Å². The normalized spacial score (nSPS) is 18.1. The van der Waals surface area contributed by atoms with Gasteiger partial charge in [0.05, 0.1) is 0 Å². The van der Waals surface area contributed by atoms with Crippen LogP contribution in [0, 0.1) is 11.7 Å². The maximum atomic E-state index is 12.8. The molecule has 1 atom stereocenters. The van der Waals surface area contributed by atoms with Gasteiger partial charge in [-0.1, -0.05) is 18.9 Å². The third kappa shape index (κ3) is 2.04. The molecule has 0 aromatic heterocycles. The van der Waals surface area contributed by atoms with Crippen molar-refractivity contribution in [2.45, 2.75) is 25.3 Å². The topological polar surface area (TPSA) is 52.0 Å². The largest absolute Gasteiger partial charge is 0.398 e. The predicted molar refractivity (Wildman–Crippen MR) is 55.1 cm³/mol. The number of halogens is 1. The molecular weight excluding hydrogens is 179 g/mol. The molecule has 0 amide bonds. The lowest BCUT2D eigenvalue weighted by Gasteiger charge is -2.13. The first-order valence-electron chi connectivity index (χ1n) is 4.97. The Kier molecular flexibility index (Phi) is 2.42. The third-order valence-corrected chi connectivity index (χ3v) is 2.73. The second kappa shape index (κ2) is 3.58. The highest BCUT2D eigenvalue weighted by Gasteiger charge is 2.25. The molecule has 0 heterocycles. The number of anilines is 1. The zero-order valence-corrected chi connectivity index (χ0v) is 8.04. The molecule has 1 aromatic rings. The van der Waals surface area contributed by atoms with Gasteiger partial charge in [-0.25, -0.2) is 4.39 Å². The minimum absolute atomic E-state index is 0.0388. The summed E-state index contributed by atoms with van der Waals surface area (Å²) in [6.07, 6.45) is 3.51. The van der Waals surface area contributed by atoms with Crippen molar-refractivity contribution in [2.24, 2.45) is 11.7 Å². The molecule has 14 heavy (non-hydrogen) atoms. The van der Waals surface area contributed by atoms with Crippen LogP contribution < -0.4 is 11.5 Å². The van der Waals surface area contributed by atoms with Gasteiger partial charge in [-0.15, -0.1) is 0 Å². The lowest BCUT2D eigenvalue weighted by atomic mass is 10.0. The van der Waals surface area contributed by atoms with E-state index in [1.807, 2.05) is 0 Å². The number of nitrogen functional groups attached to an aromatic ring is 1. The summed E-state index contributed by atoms with van der Waals surface area (Å²) in [7, 11) is 0. The van der Waals surface area contributed by atoms with Crippen LogP contribution in [0.1, 0.15) is 30.9 Å². The van der Waals surface area contributed by atoms with Gasteiger partial charge in [0, 0.05) is 11.7 Å². The smallest absolute Gasteiger partial charge is 0.125 e. The fraction of sp³-hybridized carbons (Fsp3) is 0.455. The monoisotopic (exact) mass is 194 g/mol. The second-order valence-electron chi connectivity index (χ2n) is 4.06. The maximum Gasteiger partial charge on any atom is 0.125 e. The third-order valence-electron chi connectivity index (χ3n) is 2.73. The molecule has 76 valence electrons. The fourth-order valence-corrected chi connectivity index (χ4v) is 1.72. The first kappa shape index (κ1) is 9.46. The molecule has 1 aliphatic rings. The molecule has 1 aromatic carbocycles. The highest BCUT2D eigenvalue weighted by atomic mass is 19.1. The van der Waals surface area contributed by atoms with Crippen molar-refractivity contribution in [1.82, 2.24) is 0 Å². The van der Waals surface area contributed by atoms with Gasteiger partial charge in [0.15, 0.2) is 0 Å². The molecule has 2 rings (SSSR count). The van der Waals surface area contributed by atoms with Crippen molar-refractivity contribution in [3.05, 3.63) is 29.6 Å². The standard InChI is InChI=1S/C11H15FN2/c12-8-3-4-9(11(14)6-8)10(13)5-7-1-2-7/h3-4,6-7,10H,1-2,5,13-14H2. The van der Waals surface area contributed by atoms with E-state index in [-0.39, 0.29) is 11.9 Å². The molecule has 0 bridgehead atoms. The van der Waals surface area contributed by atoms with E-state index in [1.165, 1.54) is 25.0 Å². The van der Waals surface area contributed by atoms with Crippen LogP contribution in [-0.2, 0) is 0 Å². The molecule has 1 fully saturated rings. The zero-order chi connectivity index (χ0) is 10.1. The molecule has 0 aliphatic heterocycles. The molecule has 0 saturated heterocycles. The van der Waals surface area contributed by atoms with Crippen LogP contribution >= 0.6 is 0 Å². The average molecular weight is 194 g/mol. The summed E-state index contributed by atoms with van der Waals surface area (Å²) in [6, 6.07) is 4.40. The SMILES string of the molecule is Nc1cc(F)ccc1C(N)CC1CC1. The summed E-state index contributed by atoms with van der Waals surface area (Å²) in [5.41, 5.74) is 13.0. The number of hydrogen-bond acceptors (Lipinski definition) is 2. The van der Waals surface area contributed by atoms with Gasteiger partial charge in [-0.2, -0.15) is 0 Å². The van der Waals surface area contributed by atoms with Crippen molar-refractivity contribution < 1.29 is 4.39 Å². The van der Waals surface area contributed by atoms with Gasteiger partial charge >= 0.3 is 0 Å². The Hall–Kier alpha value is -1.09. The molecule has 3 heteroatoms. The number of nitrogens with two attached hydrogens (primary N) is 2. The molecule has 4 N–H and O–H groups in total. The quantitative estimate of drug-likeness (QED) is 0.725. The number of hydrogen-bond donors (Lipinski definition) is 2. The lowest BCUT2D eigenvalue weighted by Crippen LogP contribution is -2.13. The Morgan fingerprint density at radius 1 is 1.43 bits per heavy atom. The number of rotatable bonds is 3. The van der Waals surface area contributed by atoms with Gasteiger partial charge in [0.25, 0.3) is 0 Å². The fourth-order valence-electron chi connectivity index (χ4n) is 1.72. The van der Waals surface area contributed by atoms with Crippen LogP contribution in [0.5, 0.6) is 0 Å². The summed E-state index contributed by atoms with van der Waals surface area (Å²) in [4.78, 5) is 0. The van der Waals surface area contributed by atoms with E-state index in [4.69, 9.17) is 11.5 Å². The Morgan fingerprint density at radius 3 is 2.71 bits per heavy atom. The van der Waals surface area contributed by atoms with Gasteiger partial charge in [-0.05, 0) is 30.0 Å². The van der Waals surface area contributed by atoms with Crippen LogP contribution in [0.3, 0.4) is 0 Å². The minimum atomic E-state index is -0.301. The Morgan fingerprint density at radius 2 is 2.14 bits per heavy atom. The van der Waals surface area contributed by atoms with Gasteiger partial charge in [-0.3, -0.25) is 0 Å². The molecule has 1 saturated carbocycles. The van der Waals surface area contributed by atoms with Gasteiger partial charge in [0.1, 0.15) is 5.82 Å². The predicted octanol–water partition coefficient (Wildman–Crippen LogP) is 2.21. The van der Waals surface area contributed by atoms with E-state index >= 15 is 0 Å². The average Bonchev–Trinajstić information content (AvgIpc) is 2.87. The van der Waals surface area contributed by atoms with Crippen molar-refractivity contribution >= 4 is 5.69 Å². The molecule has 1 aliphatic carbocycles. The summed E-state index contributed by atoms with van der Waals surface area (Å²) < 4.78 is 12.8. The van der Waals surface area contributed by atoms with E-state index in [0.29, 0.717) is 5.69 Å². The molecule has 1 unspecified atom stereocenters. The Balaban J connectivity index is 2.13. The van der Waals surface area contributed by atoms with E-state index in [1.54, 1.807) is 6.07 Å². The van der Waals surface area contributed by atoms with Crippen LogP contribution in [0.4, 0.5) is 10.1 Å². The molecule has 0 spiro atoms. The van der Waals surface area contributed by atoms with Crippen LogP contribution in [-0.4, -0.2) is 0 Å². The summed E-state index contributed by atoms with van der Waals surface area (Å²) >= 11 is 0. The van der Waals surface area contributed by atoms with Gasteiger partial charge < -0.3 is 11.5 Å². The second-order valence-corrected chi connectivity index (χ2v) is 4.06. The van der Waals surface area contributed by atoms with Crippen molar-refractivity contribution in [3.8, 4) is 0 Å². The van der Waals surface area contributed by atoms with E-state index in [2.05, 4.69) is 0 Å². The van der Waals surface area contributed by atoms with Crippen LogP contribution in [0.15, 0.2) is 18.2 Å². The van der Waals surface area contributed by atoms with Crippen LogP contribution in [0.2, 0.25) is 0 Å². The van der Waals surface area contributed by atoms with E-state index < -0.39 is 0 Å². The van der Waals surface area contributed by atoms with E-state index in [9.17, 15) is 4.39 Å². The summed E-state index contributed by atoms with van der Waals surface area (Å²) in [5, 5.41) is 0. The zero-order valence-electron chi connectivity index (χ0n) is 8.04. The summed E-state index contributed by atoms with van der Waals surface area (Å²) in [5.74, 6) is 0.458. The first-order chi connectivity index (χ1) is 6.66. The lowest BCUT2D eigenvalue weighted by molar-refractivity contribution is 0.593. The van der Waals surface area contributed by atoms with E-state index in [0.717, 1.165) is 17.9 Å². The Bertz CT molecular complexity index is 334. The van der Waals surface area contributed by atoms with Crippen molar-refractivity contribution in [1.29, 1.82) is 0 Å². The van der Waals surface area contributed by atoms with Crippen LogP contribution in [0.25, 0.3) is 0 Å². The molecular formula is C11H15FN2. The van der Waals surface area contributed by atoms with Crippen molar-refractivity contribution in [3.63, 3.8) is 0 Å². The molecule has 2 nitrogen and oxygen atoms in total. The highest BCUT2D eigenvalue weighted by molar-refractivity contribution is 5.48. The minimum Gasteiger partial charge on any atom is -0.398 e. The Labute approximate surface area is 83.1 Å². The number of benzene rings is 1. The van der Waals surface area contributed by atoms with Gasteiger partial charge in [0.2, 0.25) is 0 Å². The maximum absolute atomic E-state index is 12.8. The first-order valence-corrected chi connectivity index (χ1v) is 4.97.